The summed E-state index contributed by atoms with van der Waals surface area (Å²) in [6.45, 7) is 0.568. The van der Waals surface area contributed by atoms with Gasteiger partial charge in [-0.1, -0.05) is 24.3 Å². The van der Waals surface area contributed by atoms with Crippen LogP contribution in [0.15, 0.2) is 59.2 Å². The second-order valence-corrected chi connectivity index (χ2v) is 5.84. The maximum Gasteiger partial charge on any atom is 0.223 e. The smallest absolute Gasteiger partial charge is 0.223 e. The second-order valence-electron chi connectivity index (χ2n) is 5.84. The van der Waals surface area contributed by atoms with Crippen molar-refractivity contribution in [3.05, 3.63) is 72.0 Å². The molecule has 1 aliphatic carbocycles. The number of furan rings is 1. The number of carbonyl (C=O) groups excluding carboxylic acids is 1. The minimum Gasteiger partial charge on any atom is -0.469 e. The number of nitrogens with one attached hydrogen (secondary N) is 1. The number of benzene rings is 1. The summed E-state index contributed by atoms with van der Waals surface area (Å²) >= 11 is 0. The van der Waals surface area contributed by atoms with Gasteiger partial charge in [-0.05, 0) is 49.1 Å². The Labute approximate surface area is 135 Å². The van der Waals surface area contributed by atoms with Gasteiger partial charge in [0.05, 0.1) is 6.26 Å². The minimum absolute atomic E-state index is 0.00704. The molecular weight excluding hydrogens is 293 g/mol. The van der Waals surface area contributed by atoms with E-state index in [2.05, 4.69) is 17.5 Å². The minimum atomic E-state index is -0.256. The van der Waals surface area contributed by atoms with Crippen LogP contribution in [0.25, 0.3) is 0 Å². The summed E-state index contributed by atoms with van der Waals surface area (Å²) in [5, 5.41) is 3.00. The first kappa shape index (κ1) is 15.5. The van der Waals surface area contributed by atoms with Crippen LogP contribution in [0.1, 0.15) is 36.5 Å². The number of carbonyl (C=O) groups is 1. The van der Waals surface area contributed by atoms with Crippen molar-refractivity contribution in [2.45, 2.75) is 25.2 Å². The van der Waals surface area contributed by atoms with Gasteiger partial charge < -0.3 is 9.73 Å². The molecule has 120 valence electrons. The molecule has 0 saturated carbocycles. The summed E-state index contributed by atoms with van der Waals surface area (Å²) in [5.74, 6) is 0.755. The van der Waals surface area contributed by atoms with Gasteiger partial charge in [0.2, 0.25) is 5.91 Å². The van der Waals surface area contributed by atoms with E-state index in [1.54, 1.807) is 18.4 Å². The van der Waals surface area contributed by atoms with E-state index in [9.17, 15) is 9.18 Å². The van der Waals surface area contributed by atoms with E-state index >= 15 is 0 Å². The van der Waals surface area contributed by atoms with Gasteiger partial charge in [0.25, 0.3) is 0 Å². The highest BCUT2D eigenvalue weighted by Gasteiger charge is 2.21. The molecule has 3 rings (SSSR count). The molecule has 1 aliphatic rings. The molecule has 3 nitrogen and oxygen atoms in total. The topological polar surface area (TPSA) is 42.2 Å². The fraction of sp³-hybridized carbons (Fsp3) is 0.316. The van der Waals surface area contributed by atoms with Crippen LogP contribution in [0.2, 0.25) is 0 Å². The van der Waals surface area contributed by atoms with E-state index in [0.29, 0.717) is 13.0 Å². The molecule has 4 heteroatoms. The summed E-state index contributed by atoms with van der Waals surface area (Å²) < 4.78 is 18.7. The SMILES string of the molecule is O=C(NCC[C@@H](c1ccc(F)cc1)c1ccco1)C1CC=CC1. The van der Waals surface area contributed by atoms with Crippen molar-refractivity contribution in [2.75, 3.05) is 6.54 Å². The fourth-order valence-corrected chi connectivity index (χ4v) is 2.97. The van der Waals surface area contributed by atoms with Gasteiger partial charge >= 0.3 is 0 Å². The largest absolute Gasteiger partial charge is 0.469 e. The highest BCUT2D eigenvalue weighted by atomic mass is 19.1. The Kier molecular flexibility index (Phi) is 4.91. The number of amides is 1. The number of hydrogen-bond acceptors (Lipinski definition) is 2. The number of hydrogen-bond donors (Lipinski definition) is 1. The first-order valence-corrected chi connectivity index (χ1v) is 7.95. The van der Waals surface area contributed by atoms with Crippen LogP contribution in [0.5, 0.6) is 0 Å². The first-order valence-electron chi connectivity index (χ1n) is 7.95. The van der Waals surface area contributed by atoms with Crippen LogP contribution < -0.4 is 5.32 Å². The number of rotatable bonds is 6. The molecule has 0 bridgehead atoms. The zero-order valence-electron chi connectivity index (χ0n) is 12.9. The van der Waals surface area contributed by atoms with Crippen molar-refractivity contribution >= 4 is 5.91 Å². The van der Waals surface area contributed by atoms with Crippen molar-refractivity contribution in [2.24, 2.45) is 5.92 Å². The quantitative estimate of drug-likeness (QED) is 0.818. The molecule has 2 aromatic rings. The van der Waals surface area contributed by atoms with Crippen LogP contribution >= 0.6 is 0 Å². The molecule has 0 fully saturated rings. The molecule has 1 N–H and O–H groups in total. The highest BCUT2D eigenvalue weighted by molar-refractivity contribution is 5.79. The van der Waals surface area contributed by atoms with E-state index < -0.39 is 0 Å². The lowest BCUT2D eigenvalue weighted by atomic mass is 9.93. The molecular formula is C19H20FNO2. The zero-order chi connectivity index (χ0) is 16.1. The van der Waals surface area contributed by atoms with E-state index in [4.69, 9.17) is 4.42 Å². The summed E-state index contributed by atoms with van der Waals surface area (Å²) in [6, 6.07) is 10.2. The summed E-state index contributed by atoms with van der Waals surface area (Å²) in [5.41, 5.74) is 0.984. The Morgan fingerprint density at radius 3 is 2.61 bits per heavy atom. The van der Waals surface area contributed by atoms with Crippen LogP contribution in [-0.4, -0.2) is 12.5 Å². The Morgan fingerprint density at radius 2 is 1.96 bits per heavy atom. The summed E-state index contributed by atoms with van der Waals surface area (Å²) in [4.78, 5) is 12.1. The molecule has 0 radical (unpaired) electrons. The van der Waals surface area contributed by atoms with E-state index in [1.807, 2.05) is 12.1 Å². The second kappa shape index (κ2) is 7.27. The zero-order valence-corrected chi connectivity index (χ0v) is 12.9. The van der Waals surface area contributed by atoms with Crippen LogP contribution in [0.4, 0.5) is 4.39 Å². The molecule has 1 aromatic carbocycles. The van der Waals surface area contributed by atoms with Crippen molar-refractivity contribution in [1.82, 2.24) is 5.32 Å². The molecule has 1 atom stereocenters. The molecule has 0 aliphatic heterocycles. The van der Waals surface area contributed by atoms with Crippen molar-refractivity contribution in [1.29, 1.82) is 0 Å². The predicted molar refractivity (Wildman–Crippen MR) is 86.4 cm³/mol. The monoisotopic (exact) mass is 313 g/mol. The number of allylic oxidation sites excluding steroid dienone is 2. The average molecular weight is 313 g/mol. The van der Waals surface area contributed by atoms with E-state index in [0.717, 1.165) is 24.2 Å². The number of halogens is 1. The normalized spacial score (nSPS) is 15.7. The van der Waals surface area contributed by atoms with Gasteiger partial charge in [-0.2, -0.15) is 0 Å². The van der Waals surface area contributed by atoms with Gasteiger partial charge in [-0.15, -0.1) is 0 Å². The third-order valence-electron chi connectivity index (χ3n) is 4.27. The Morgan fingerprint density at radius 1 is 1.22 bits per heavy atom. The molecule has 23 heavy (non-hydrogen) atoms. The van der Waals surface area contributed by atoms with Gasteiger partial charge in [0.15, 0.2) is 0 Å². The Bertz CT molecular complexity index is 653. The third kappa shape index (κ3) is 3.89. The van der Waals surface area contributed by atoms with Gasteiger partial charge in [-0.25, -0.2) is 4.39 Å². The first-order chi connectivity index (χ1) is 11.2. The molecule has 0 spiro atoms. The standard InChI is InChI=1S/C19H20FNO2/c20-16-9-7-14(8-10-16)17(18-6-3-13-23-18)11-12-21-19(22)15-4-1-2-5-15/h1-3,6-10,13,15,17H,4-5,11-12H2,(H,21,22)/t17-/m0/s1. The Balaban J connectivity index is 1.62. The highest BCUT2D eigenvalue weighted by Crippen LogP contribution is 2.28. The molecule has 0 unspecified atom stereocenters. The fourth-order valence-electron chi connectivity index (χ4n) is 2.97. The molecule has 1 heterocycles. The predicted octanol–water partition coefficient (Wildman–Crippen LogP) is 4.02. The third-order valence-corrected chi connectivity index (χ3v) is 4.27. The van der Waals surface area contributed by atoms with Crippen molar-refractivity contribution in [3.8, 4) is 0 Å². The molecule has 1 aromatic heterocycles. The van der Waals surface area contributed by atoms with Crippen LogP contribution in [0, 0.1) is 11.7 Å². The summed E-state index contributed by atoms with van der Waals surface area (Å²) in [7, 11) is 0. The van der Waals surface area contributed by atoms with E-state index in [-0.39, 0.29) is 23.6 Å². The van der Waals surface area contributed by atoms with Gasteiger partial charge in [0.1, 0.15) is 11.6 Å². The average Bonchev–Trinajstić information content (AvgIpc) is 3.26. The van der Waals surface area contributed by atoms with Crippen molar-refractivity contribution < 1.29 is 13.6 Å². The lowest BCUT2D eigenvalue weighted by Gasteiger charge is -2.17. The maximum absolute atomic E-state index is 13.1. The summed E-state index contributed by atoms with van der Waals surface area (Å²) in [6.07, 6.45) is 8.10. The van der Waals surface area contributed by atoms with Gasteiger partial charge in [0, 0.05) is 18.4 Å². The van der Waals surface area contributed by atoms with Crippen LogP contribution in [-0.2, 0) is 4.79 Å². The van der Waals surface area contributed by atoms with Crippen LogP contribution in [0.3, 0.4) is 0 Å². The lowest BCUT2D eigenvalue weighted by molar-refractivity contribution is -0.124. The Hall–Kier alpha value is -2.36. The molecule has 1 amide bonds. The van der Waals surface area contributed by atoms with Crippen molar-refractivity contribution in [3.63, 3.8) is 0 Å². The van der Waals surface area contributed by atoms with Gasteiger partial charge in [-0.3, -0.25) is 4.79 Å². The molecule has 0 saturated heterocycles. The lowest BCUT2D eigenvalue weighted by Crippen LogP contribution is -2.31. The van der Waals surface area contributed by atoms with E-state index in [1.165, 1.54) is 12.1 Å². The maximum atomic E-state index is 13.1.